The normalized spacial score (nSPS) is 19.2. The molecule has 1 aliphatic heterocycles. The van der Waals surface area contributed by atoms with Crippen molar-refractivity contribution >= 4 is 17.7 Å². The molecule has 1 heterocycles. The second kappa shape index (κ2) is 9.44. The highest BCUT2D eigenvalue weighted by Gasteiger charge is 2.25. The fraction of sp³-hybridized carbons (Fsp3) is 0.632. The first-order valence-corrected chi connectivity index (χ1v) is 10.1. The van der Waals surface area contributed by atoms with Crippen LogP contribution in [0.25, 0.3) is 0 Å². The van der Waals surface area contributed by atoms with Crippen molar-refractivity contribution in [3.05, 3.63) is 35.9 Å². The summed E-state index contributed by atoms with van der Waals surface area (Å²) in [4.78, 5) is 17.2. The Kier molecular flexibility index (Phi) is 7.59. The van der Waals surface area contributed by atoms with Crippen LogP contribution in [0.3, 0.4) is 0 Å². The molecular weight excluding hydrogens is 318 g/mol. The summed E-state index contributed by atoms with van der Waals surface area (Å²) in [6, 6.07) is 11.0. The quantitative estimate of drug-likeness (QED) is 0.821. The summed E-state index contributed by atoms with van der Waals surface area (Å²) in [5.74, 6) is 0.119. The lowest BCUT2D eigenvalue weighted by Gasteiger charge is -2.37. The van der Waals surface area contributed by atoms with Crippen LogP contribution in [-0.2, 0) is 4.79 Å². The van der Waals surface area contributed by atoms with Crippen molar-refractivity contribution in [2.75, 3.05) is 40.0 Å². The Hall–Kier alpha value is -1.04. The molecule has 1 aliphatic rings. The second-order valence-electron chi connectivity index (χ2n) is 6.82. The van der Waals surface area contributed by atoms with Gasteiger partial charge in [-0.05, 0) is 58.8 Å². The standard InChI is InChI=1S/C19H31N3OS/c1-15(24-4)19(23)20-18(16-8-6-5-7-9-16)14-22(3)17-10-12-21(2)13-11-17/h5-9,15,17-18H,10-14H2,1-4H3,(H,20,23)/t15-,18-/m0/s1. The molecule has 1 saturated heterocycles. The molecule has 0 aromatic heterocycles. The molecule has 1 aromatic rings. The van der Waals surface area contributed by atoms with Crippen molar-refractivity contribution in [3.8, 4) is 0 Å². The topological polar surface area (TPSA) is 35.6 Å². The van der Waals surface area contributed by atoms with Gasteiger partial charge in [0.15, 0.2) is 0 Å². The highest BCUT2D eigenvalue weighted by Crippen LogP contribution is 2.20. The van der Waals surface area contributed by atoms with Crippen molar-refractivity contribution in [2.24, 2.45) is 0 Å². The predicted molar refractivity (Wildman–Crippen MR) is 103 cm³/mol. The zero-order valence-corrected chi connectivity index (χ0v) is 16.2. The summed E-state index contributed by atoms with van der Waals surface area (Å²) in [5.41, 5.74) is 1.18. The van der Waals surface area contributed by atoms with E-state index in [1.54, 1.807) is 11.8 Å². The zero-order valence-electron chi connectivity index (χ0n) is 15.4. The van der Waals surface area contributed by atoms with E-state index in [0.29, 0.717) is 6.04 Å². The molecule has 1 aromatic carbocycles. The molecular formula is C19H31N3OS. The van der Waals surface area contributed by atoms with Crippen LogP contribution in [0.2, 0.25) is 0 Å². The average molecular weight is 350 g/mol. The van der Waals surface area contributed by atoms with Crippen LogP contribution >= 0.6 is 11.8 Å². The van der Waals surface area contributed by atoms with E-state index in [4.69, 9.17) is 0 Å². The molecule has 0 bridgehead atoms. The number of piperidine rings is 1. The Bertz CT molecular complexity index is 503. The van der Waals surface area contributed by atoms with Gasteiger partial charge in [-0.15, -0.1) is 0 Å². The minimum atomic E-state index is -0.0233. The summed E-state index contributed by atoms with van der Waals surface area (Å²) in [7, 11) is 4.38. The molecule has 1 fully saturated rings. The number of thioether (sulfide) groups is 1. The summed E-state index contributed by atoms with van der Waals surface area (Å²) in [5, 5.41) is 3.23. The number of nitrogens with zero attached hydrogens (tertiary/aromatic N) is 2. The number of amides is 1. The van der Waals surface area contributed by atoms with E-state index in [0.717, 1.165) is 19.6 Å². The molecule has 0 radical (unpaired) electrons. The molecule has 1 N–H and O–H groups in total. The minimum absolute atomic E-state index is 0.0233. The first kappa shape index (κ1) is 19.3. The predicted octanol–water partition coefficient (Wildman–Crippen LogP) is 2.62. The van der Waals surface area contributed by atoms with E-state index in [-0.39, 0.29) is 17.2 Å². The minimum Gasteiger partial charge on any atom is -0.347 e. The van der Waals surface area contributed by atoms with Crippen LogP contribution in [0.4, 0.5) is 0 Å². The van der Waals surface area contributed by atoms with Crippen molar-refractivity contribution in [3.63, 3.8) is 0 Å². The summed E-state index contributed by atoms with van der Waals surface area (Å²) < 4.78 is 0. The number of benzene rings is 1. The molecule has 5 heteroatoms. The Morgan fingerprint density at radius 3 is 2.54 bits per heavy atom. The number of carbonyl (C=O) groups is 1. The van der Waals surface area contributed by atoms with Crippen LogP contribution in [-0.4, -0.2) is 67.0 Å². The van der Waals surface area contributed by atoms with Crippen LogP contribution < -0.4 is 5.32 Å². The van der Waals surface area contributed by atoms with Gasteiger partial charge in [0.05, 0.1) is 11.3 Å². The summed E-state index contributed by atoms with van der Waals surface area (Å²) >= 11 is 1.59. The third-order valence-corrected chi connectivity index (χ3v) is 5.94. The first-order valence-electron chi connectivity index (χ1n) is 8.78. The van der Waals surface area contributed by atoms with Gasteiger partial charge >= 0.3 is 0 Å². The summed E-state index contributed by atoms with van der Waals surface area (Å²) in [6.45, 7) is 5.12. The summed E-state index contributed by atoms with van der Waals surface area (Å²) in [6.07, 6.45) is 4.37. The van der Waals surface area contributed by atoms with Gasteiger partial charge < -0.3 is 15.1 Å². The van der Waals surface area contributed by atoms with Crippen molar-refractivity contribution in [1.82, 2.24) is 15.1 Å². The lowest BCUT2D eigenvalue weighted by molar-refractivity contribution is -0.121. The maximum Gasteiger partial charge on any atom is 0.233 e. The van der Waals surface area contributed by atoms with Gasteiger partial charge in [-0.2, -0.15) is 11.8 Å². The maximum atomic E-state index is 12.4. The van der Waals surface area contributed by atoms with Crippen molar-refractivity contribution < 1.29 is 4.79 Å². The molecule has 24 heavy (non-hydrogen) atoms. The second-order valence-corrected chi connectivity index (χ2v) is 8.00. The fourth-order valence-corrected chi connectivity index (χ4v) is 3.47. The van der Waals surface area contributed by atoms with Gasteiger partial charge in [0, 0.05) is 12.6 Å². The first-order chi connectivity index (χ1) is 11.5. The van der Waals surface area contributed by atoms with Gasteiger partial charge in [-0.25, -0.2) is 0 Å². The van der Waals surface area contributed by atoms with E-state index in [2.05, 4.69) is 41.3 Å². The number of likely N-dealkylation sites (tertiary alicyclic amines) is 1. The molecule has 0 aliphatic carbocycles. The number of rotatable bonds is 7. The number of nitrogens with one attached hydrogen (secondary N) is 1. The lowest BCUT2D eigenvalue weighted by Crippen LogP contribution is -2.46. The third kappa shape index (κ3) is 5.50. The molecule has 0 spiro atoms. The molecule has 0 saturated carbocycles. The smallest absolute Gasteiger partial charge is 0.233 e. The SMILES string of the molecule is CS[C@@H](C)C(=O)N[C@@H](CN(C)C1CCN(C)CC1)c1ccccc1. The van der Waals surface area contributed by atoms with Gasteiger partial charge in [0.25, 0.3) is 0 Å². The van der Waals surface area contributed by atoms with Gasteiger partial charge in [0.1, 0.15) is 0 Å². The number of hydrogen-bond acceptors (Lipinski definition) is 4. The molecule has 2 rings (SSSR count). The largest absolute Gasteiger partial charge is 0.347 e. The van der Waals surface area contributed by atoms with E-state index in [9.17, 15) is 4.79 Å². The molecule has 1 amide bonds. The Morgan fingerprint density at radius 1 is 1.33 bits per heavy atom. The van der Waals surface area contributed by atoms with E-state index in [1.807, 2.05) is 31.4 Å². The maximum absolute atomic E-state index is 12.4. The number of likely N-dealkylation sites (N-methyl/N-ethyl adjacent to an activating group) is 1. The van der Waals surface area contributed by atoms with E-state index in [1.165, 1.54) is 18.4 Å². The molecule has 134 valence electrons. The van der Waals surface area contributed by atoms with Crippen molar-refractivity contribution in [1.29, 1.82) is 0 Å². The fourth-order valence-electron chi connectivity index (χ4n) is 3.19. The van der Waals surface area contributed by atoms with E-state index >= 15 is 0 Å². The highest BCUT2D eigenvalue weighted by atomic mass is 32.2. The monoisotopic (exact) mass is 349 g/mol. The third-order valence-electron chi connectivity index (χ3n) is 5.02. The molecule has 4 nitrogen and oxygen atoms in total. The van der Waals surface area contributed by atoms with Crippen LogP contribution in [0, 0.1) is 0 Å². The number of carbonyl (C=O) groups excluding carboxylic acids is 1. The van der Waals surface area contributed by atoms with Crippen LogP contribution in [0.5, 0.6) is 0 Å². The Labute approximate surface area is 151 Å². The van der Waals surface area contributed by atoms with Crippen LogP contribution in [0.1, 0.15) is 31.4 Å². The average Bonchev–Trinajstić information content (AvgIpc) is 2.61. The van der Waals surface area contributed by atoms with Gasteiger partial charge in [0.2, 0.25) is 5.91 Å². The highest BCUT2D eigenvalue weighted by molar-refractivity contribution is 7.99. The van der Waals surface area contributed by atoms with Crippen molar-refractivity contribution in [2.45, 2.75) is 37.1 Å². The van der Waals surface area contributed by atoms with Crippen LogP contribution in [0.15, 0.2) is 30.3 Å². The lowest BCUT2D eigenvalue weighted by atomic mass is 10.0. The Balaban J connectivity index is 2.04. The van der Waals surface area contributed by atoms with Gasteiger partial charge in [-0.3, -0.25) is 4.79 Å². The Morgan fingerprint density at radius 2 is 1.96 bits per heavy atom. The molecule has 2 atom stereocenters. The van der Waals surface area contributed by atoms with E-state index < -0.39 is 0 Å². The number of hydrogen-bond donors (Lipinski definition) is 1. The zero-order chi connectivity index (χ0) is 17.5. The van der Waals surface area contributed by atoms with Gasteiger partial charge in [-0.1, -0.05) is 30.3 Å². The molecule has 0 unspecified atom stereocenters.